The second kappa shape index (κ2) is 10.8. The number of methoxy groups -OCH3 is 1. The zero-order chi connectivity index (χ0) is 26.8. The summed E-state index contributed by atoms with van der Waals surface area (Å²) in [6.07, 6.45) is 5.44. The van der Waals surface area contributed by atoms with Crippen LogP contribution in [0.15, 0.2) is 110 Å². The van der Waals surface area contributed by atoms with Crippen LogP contribution in [0.4, 0.5) is 5.69 Å². The molecule has 0 bridgehead atoms. The average Bonchev–Trinajstić information content (AvgIpc) is 3.59. The molecule has 5 aromatic rings. The molecule has 0 saturated carbocycles. The first kappa shape index (κ1) is 24.9. The Morgan fingerprint density at radius 2 is 1.59 bits per heavy atom. The van der Waals surface area contributed by atoms with Crippen molar-refractivity contribution < 1.29 is 9.47 Å². The fraction of sp³-hybridized carbons (Fsp3) is 0.100. The normalized spacial score (nSPS) is 16.7. The lowest BCUT2D eigenvalue weighted by Crippen LogP contribution is -2.30. The van der Waals surface area contributed by atoms with Crippen LogP contribution in [0.5, 0.6) is 17.2 Å². The van der Waals surface area contributed by atoms with Crippen molar-refractivity contribution in [2.75, 3.05) is 12.0 Å². The summed E-state index contributed by atoms with van der Waals surface area (Å²) in [5, 5.41) is 4.70. The van der Waals surface area contributed by atoms with E-state index in [1.165, 1.54) is 0 Å². The molecule has 9 heteroatoms. The summed E-state index contributed by atoms with van der Waals surface area (Å²) >= 11 is 12.0. The molecule has 0 radical (unpaired) electrons. The molecule has 39 heavy (non-hydrogen) atoms. The molecule has 0 unspecified atom stereocenters. The van der Waals surface area contributed by atoms with Gasteiger partial charge in [0.2, 0.25) is 0 Å². The number of rotatable bonds is 7. The second-order valence-electron chi connectivity index (χ2n) is 8.91. The third-order valence-corrected chi connectivity index (χ3v) is 7.09. The first-order valence-electron chi connectivity index (χ1n) is 12.3. The molecule has 7 nitrogen and oxygen atoms in total. The van der Waals surface area contributed by atoms with Gasteiger partial charge in [-0.1, -0.05) is 17.7 Å². The van der Waals surface area contributed by atoms with E-state index in [2.05, 4.69) is 30.8 Å². The maximum Gasteiger partial charge on any atom is 0.174 e. The monoisotopic (exact) mass is 553 g/mol. The molecule has 4 heterocycles. The van der Waals surface area contributed by atoms with Gasteiger partial charge in [0.25, 0.3) is 0 Å². The first-order valence-corrected chi connectivity index (χ1v) is 13.1. The van der Waals surface area contributed by atoms with Gasteiger partial charge in [0.1, 0.15) is 29.1 Å². The zero-order valence-corrected chi connectivity index (χ0v) is 22.5. The minimum absolute atomic E-state index is 0.185. The van der Waals surface area contributed by atoms with Crippen LogP contribution in [0.1, 0.15) is 23.5 Å². The van der Waals surface area contributed by atoms with Crippen LogP contribution >= 0.6 is 23.8 Å². The molecule has 1 saturated heterocycles. The molecule has 0 spiro atoms. The Labute approximate surface area is 236 Å². The van der Waals surface area contributed by atoms with Crippen molar-refractivity contribution in [3.05, 3.63) is 126 Å². The van der Waals surface area contributed by atoms with Crippen molar-refractivity contribution in [1.29, 1.82) is 0 Å². The van der Waals surface area contributed by atoms with Crippen LogP contribution in [-0.2, 0) is 0 Å². The van der Waals surface area contributed by atoms with Gasteiger partial charge >= 0.3 is 0 Å². The minimum Gasteiger partial charge on any atom is -0.497 e. The predicted molar refractivity (Wildman–Crippen MR) is 156 cm³/mol. The zero-order valence-electron chi connectivity index (χ0n) is 20.9. The number of benzene rings is 2. The van der Waals surface area contributed by atoms with Gasteiger partial charge in [-0.15, -0.1) is 0 Å². The highest BCUT2D eigenvalue weighted by atomic mass is 35.5. The van der Waals surface area contributed by atoms with Gasteiger partial charge < -0.3 is 24.3 Å². The van der Waals surface area contributed by atoms with E-state index >= 15 is 0 Å². The van der Waals surface area contributed by atoms with E-state index in [4.69, 9.17) is 33.3 Å². The molecule has 1 N–H and O–H groups in total. The molecule has 3 aromatic heterocycles. The topological polar surface area (TPSA) is 64.4 Å². The molecule has 2 aromatic carbocycles. The van der Waals surface area contributed by atoms with Crippen molar-refractivity contribution in [3.8, 4) is 23.1 Å². The van der Waals surface area contributed by atoms with E-state index in [0.717, 1.165) is 34.4 Å². The van der Waals surface area contributed by atoms with E-state index in [9.17, 15) is 0 Å². The summed E-state index contributed by atoms with van der Waals surface area (Å²) in [5.41, 5.74) is 2.82. The van der Waals surface area contributed by atoms with Crippen LogP contribution in [0, 0.1) is 0 Å². The number of hydrogen-bond acceptors (Lipinski definition) is 5. The summed E-state index contributed by atoms with van der Waals surface area (Å²) in [5.74, 6) is 2.98. The van der Waals surface area contributed by atoms with Crippen molar-refractivity contribution in [1.82, 2.24) is 19.9 Å². The predicted octanol–water partition coefficient (Wildman–Crippen LogP) is 6.90. The summed E-state index contributed by atoms with van der Waals surface area (Å²) in [6, 6.07) is 28.7. The van der Waals surface area contributed by atoms with Gasteiger partial charge in [-0.05, 0) is 97.1 Å². The lowest BCUT2D eigenvalue weighted by molar-refractivity contribution is 0.413. The van der Waals surface area contributed by atoms with Gasteiger partial charge in [-0.3, -0.25) is 4.98 Å². The number of ether oxygens (including phenoxy) is 2. The number of hydrogen-bond donors (Lipinski definition) is 1. The third kappa shape index (κ3) is 5.04. The highest BCUT2D eigenvalue weighted by Gasteiger charge is 2.42. The van der Waals surface area contributed by atoms with Crippen LogP contribution in [0.3, 0.4) is 0 Å². The van der Waals surface area contributed by atoms with Gasteiger partial charge in [0.05, 0.1) is 23.9 Å². The molecule has 0 amide bonds. The van der Waals surface area contributed by atoms with Crippen molar-refractivity contribution in [2.45, 2.75) is 12.1 Å². The van der Waals surface area contributed by atoms with E-state index < -0.39 is 0 Å². The van der Waals surface area contributed by atoms with Crippen LogP contribution in [-0.4, -0.2) is 26.8 Å². The maximum absolute atomic E-state index is 6.11. The fourth-order valence-electron chi connectivity index (χ4n) is 4.74. The maximum atomic E-state index is 6.11. The van der Waals surface area contributed by atoms with Crippen LogP contribution < -0.4 is 19.7 Å². The Balaban J connectivity index is 1.36. The molecule has 1 fully saturated rings. The number of halogens is 1. The number of anilines is 1. The summed E-state index contributed by atoms with van der Waals surface area (Å²) in [4.78, 5) is 11.3. The quantitative estimate of drug-likeness (QED) is 0.220. The van der Waals surface area contributed by atoms with E-state index in [1.807, 2.05) is 91.1 Å². The number of thiocarbonyl (C=S) groups is 1. The fourth-order valence-corrected chi connectivity index (χ4v) is 5.20. The summed E-state index contributed by atoms with van der Waals surface area (Å²) in [6.45, 7) is 0. The molecule has 0 aliphatic carbocycles. The van der Waals surface area contributed by atoms with Crippen molar-refractivity contribution >= 4 is 34.6 Å². The third-order valence-electron chi connectivity index (χ3n) is 6.55. The van der Waals surface area contributed by atoms with E-state index in [-0.39, 0.29) is 12.1 Å². The summed E-state index contributed by atoms with van der Waals surface area (Å²) < 4.78 is 13.3. The molecule has 194 valence electrons. The Kier molecular flexibility index (Phi) is 6.87. The largest absolute Gasteiger partial charge is 0.497 e. The van der Waals surface area contributed by atoms with Gasteiger partial charge in [0, 0.05) is 30.0 Å². The molecule has 6 rings (SSSR count). The first-order chi connectivity index (χ1) is 19.1. The van der Waals surface area contributed by atoms with E-state index in [1.54, 1.807) is 19.5 Å². The van der Waals surface area contributed by atoms with Gasteiger partial charge in [-0.2, -0.15) is 0 Å². The smallest absolute Gasteiger partial charge is 0.174 e. The number of nitrogens with zero attached hydrogens (tertiary/aromatic N) is 4. The molecule has 1 aliphatic rings. The van der Waals surface area contributed by atoms with Gasteiger partial charge in [0.15, 0.2) is 5.11 Å². The Hall–Kier alpha value is -4.40. The number of nitrogens with one attached hydrogen (secondary N) is 1. The highest BCUT2D eigenvalue weighted by molar-refractivity contribution is 7.80. The minimum atomic E-state index is -0.201. The SMILES string of the molecule is COc1ccc(Oc2ccc(N3C(=S)N[C@H](c4ccccn4)[C@@H]3c3cccn3-c3ccc(Cl)cn3)cc2)cc1. The van der Waals surface area contributed by atoms with Crippen LogP contribution in [0.25, 0.3) is 5.82 Å². The highest BCUT2D eigenvalue weighted by Crippen LogP contribution is 2.42. The van der Waals surface area contributed by atoms with Gasteiger partial charge in [-0.25, -0.2) is 4.98 Å². The molecule has 1 aliphatic heterocycles. The Morgan fingerprint density at radius 3 is 2.26 bits per heavy atom. The molecule has 2 atom stereocenters. The summed E-state index contributed by atoms with van der Waals surface area (Å²) in [7, 11) is 1.64. The van der Waals surface area contributed by atoms with E-state index in [0.29, 0.717) is 15.9 Å². The van der Waals surface area contributed by atoms with Crippen molar-refractivity contribution in [3.63, 3.8) is 0 Å². The molecular formula is C30H24ClN5O2S. The Bertz CT molecular complexity index is 1580. The number of aromatic nitrogens is 3. The van der Waals surface area contributed by atoms with Crippen molar-refractivity contribution in [2.24, 2.45) is 0 Å². The lowest BCUT2D eigenvalue weighted by Gasteiger charge is -2.29. The standard InChI is InChI=1S/C30H24ClN5O2S/c1-37-22-12-14-24(15-13-22)38-23-10-8-21(9-11-23)36-29(28(34-30(36)39)25-5-2-3-17-32-25)26-6-4-18-35(26)27-16-7-20(31)19-33-27/h2-19,28-29H,1H3,(H,34,39)/t28-,29+/m1/s1. The Morgan fingerprint density at radius 1 is 0.846 bits per heavy atom. The average molecular weight is 554 g/mol. The molecular weight excluding hydrogens is 530 g/mol. The lowest BCUT2D eigenvalue weighted by atomic mass is 10.0. The van der Waals surface area contributed by atoms with Crippen LogP contribution in [0.2, 0.25) is 5.02 Å². The second-order valence-corrected chi connectivity index (χ2v) is 9.73. The number of pyridine rings is 2.